The second-order valence-corrected chi connectivity index (χ2v) is 17.0. The lowest BCUT2D eigenvalue weighted by Gasteiger charge is -2.14. The molecule has 4 heterocycles. The first kappa shape index (κ1) is 35.6. The number of nitrogens with zero attached hydrogens (tertiary/aromatic N) is 5. The third-order valence-corrected chi connectivity index (χ3v) is 13.6. The summed E-state index contributed by atoms with van der Waals surface area (Å²) in [4.78, 5) is 15.2. The maximum Gasteiger partial charge on any atom is 0.164 e. The van der Waals surface area contributed by atoms with Gasteiger partial charge in [0.1, 0.15) is 0 Å². The van der Waals surface area contributed by atoms with E-state index in [-0.39, 0.29) is 0 Å². The minimum absolute atomic E-state index is 0.628. The first-order chi connectivity index (χ1) is 31.3. The van der Waals surface area contributed by atoms with Gasteiger partial charge in [-0.05, 0) is 35.9 Å². The average molecular weight is 822 g/mol. The van der Waals surface area contributed by atoms with E-state index in [2.05, 4.69) is 161 Å². The van der Waals surface area contributed by atoms with Crippen LogP contribution < -0.4 is 0 Å². The molecule has 0 amide bonds. The van der Waals surface area contributed by atoms with Crippen molar-refractivity contribution in [2.24, 2.45) is 0 Å². The fraction of sp³-hybridized carbons (Fsp3) is 0. The lowest BCUT2D eigenvalue weighted by Crippen LogP contribution is -2.01. The maximum atomic E-state index is 5.10. The van der Waals surface area contributed by atoms with Gasteiger partial charge in [-0.25, -0.2) is 15.0 Å². The second-order valence-electron chi connectivity index (χ2n) is 16.0. The summed E-state index contributed by atoms with van der Waals surface area (Å²) in [6, 6.07) is 75.4. The predicted octanol–water partition coefficient (Wildman–Crippen LogP) is 15.1. The maximum absolute atomic E-state index is 5.10. The zero-order valence-corrected chi connectivity index (χ0v) is 34.7. The van der Waals surface area contributed by atoms with Gasteiger partial charge in [-0.15, -0.1) is 11.3 Å². The number of thiophene rings is 1. The molecular formula is C57H35N5S. The molecule has 4 aromatic heterocycles. The summed E-state index contributed by atoms with van der Waals surface area (Å²) in [7, 11) is 0. The molecule has 0 atom stereocenters. The van der Waals surface area contributed by atoms with Crippen LogP contribution in [0.25, 0.3) is 120 Å². The van der Waals surface area contributed by atoms with Crippen LogP contribution in [0.3, 0.4) is 0 Å². The SMILES string of the molecule is c1ccc(-c2nc(-c3ccccc3)nc(-c3cccc(-n4c5ccccc5c5ccc6c7ccc8c9ccccc9n(-c9ccccc9-c9ccccc9)c8c7sc6c54)c3)n2)cc1. The number of benzene rings is 9. The Kier molecular flexibility index (Phi) is 8.01. The lowest BCUT2D eigenvalue weighted by atomic mass is 10.0. The smallest absolute Gasteiger partial charge is 0.164 e. The zero-order chi connectivity index (χ0) is 41.4. The van der Waals surface area contributed by atoms with Crippen LogP contribution in [0.5, 0.6) is 0 Å². The molecule has 5 nitrogen and oxygen atoms in total. The molecule has 6 heteroatoms. The number of hydrogen-bond acceptors (Lipinski definition) is 4. The van der Waals surface area contributed by atoms with Crippen LogP contribution in [-0.4, -0.2) is 24.1 Å². The van der Waals surface area contributed by atoms with Gasteiger partial charge < -0.3 is 9.13 Å². The fourth-order valence-corrected chi connectivity index (χ4v) is 10.9. The quantitative estimate of drug-likeness (QED) is 0.168. The zero-order valence-electron chi connectivity index (χ0n) is 33.9. The third-order valence-electron chi connectivity index (χ3n) is 12.4. The molecule has 0 aliphatic carbocycles. The molecule has 0 N–H and O–H groups in total. The highest BCUT2D eigenvalue weighted by Gasteiger charge is 2.23. The van der Waals surface area contributed by atoms with Crippen molar-refractivity contribution >= 4 is 75.1 Å². The summed E-state index contributed by atoms with van der Waals surface area (Å²) in [6.07, 6.45) is 0. The highest BCUT2D eigenvalue weighted by atomic mass is 32.1. The van der Waals surface area contributed by atoms with Crippen molar-refractivity contribution in [3.63, 3.8) is 0 Å². The van der Waals surface area contributed by atoms with Crippen molar-refractivity contribution in [2.45, 2.75) is 0 Å². The van der Waals surface area contributed by atoms with E-state index in [4.69, 9.17) is 15.0 Å². The molecule has 0 saturated carbocycles. The molecule has 13 rings (SSSR count). The summed E-state index contributed by atoms with van der Waals surface area (Å²) in [5.74, 6) is 1.91. The molecule has 13 aromatic rings. The Balaban J connectivity index is 1.07. The molecule has 0 unspecified atom stereocenters. The molecule has 9 aromatic carbocycles. The van der Waals surface area contributed by atoms with E-state index in [1.807, 2.05) is 72.0 Å². The molecule has 0 aliphatic heterocycles. The lowest BCUT2D eigenvalue weighted by molar-refractivity contribution is 1.07. The fourth-order valence-electron chi connectivity index (χ4n) is 9.56. The third kappa shape index (κ3) is 5.59. The highest BCUT2D eigenvalue weighted by Crippen LogP contribution is 2.48. The van der Waals surface area contributed by atoms with E-state index in [1.54, 1.807) is 0 Å². The van der Waals surface area contributed by atoms with Crippen molar-refractivity contribution in [1.29, 1.82) is 0 Å². The van der Waals surface area contributed by atoms with Gasteiger partial charge in [0.15, 0.2) is 17.5 Å². The Morgan fingerprint density at radius 3 is 1.37 bits per heavy atom. The van der Waals surface area contributed by atoms with Crippen LogP contribution in [0.1, 0.15) is 0 Å². The second kappa shape index (κ2) is 14.2. The van der Waals surface area contributed by atoms with E-state index in [0.717, 1.165) is 27.9 Å². The summed E-state index contributed by atoms with van der Waals surface area (Å²) < 4.78 is 7.47. The summed E-state index contributed by atoms with van der Waals surface area (Å²) in [6.45, 7) is 0. The number of para-hydroxylation sites is 3. The van der Waals surface area contributed by atoms with Crippen LogP contribution in [-0.2, 0) is 0 Å². The molecule has 0 saturated heterocycles. The Bertz CT molecular complexity index is 3850. The van der Waals surface area contributed by atoms with E-state index in [0.29, 0.717) is 17.5 Å². The Hall–Kier alpha value is -8.19. The first-order valence-electron chi connectivity index (χ1n) is 21.2. The monoisotopic (exact) mass is 821 g/mol. The molecule has 0 spiro atoms. The molecule has 294 valence electrons. The molecular weight excluding hydrogens is 787 g/mol. The molecule has 0 aliphatic rings. The molecule has 63 heavy (non-hydrogen) atoms. The van der Waals surface area contributed by atoms with Crippen LogP contribution in [0.2, 0.25) is 0 Å². The van der Waals surface area contributed by atoms with Crippen molar-refractivity contribution < 1.29 is 0 Å². The molecule has 0 fully saturated rings. The minimum Gasteiger partial charge on any atom is -0.308 e. The van der Waals surface area contributed by atoms with Crippen LogP contribution in [0, 0.1) is 0 Å². The van der Waals surface area contributed by atoms with Crippen LogP contribution in [0.4, 0.5) is 0 Å². The predicted molar refractivity (Wildman–Crippen MR) is 263 cm³/mol. The van der Waals surface area contributed by atoms with E-state index < -0.39 is 0 Å². The number of aromatic nitrogens is 5. The van der Waals surface area contributed by atoms with Gasteiger partial charge in [-0.3, -0.25) is 0 Å². The van der Waals surface area contributed by atoms with Gasteiger partial charge in [0.25, 0.3) is 0 Å². The Morgan fingerprint density at radius 1 is 0.317 bits per heavy atom. The van der Waals surface area contributed by atoms with E-state index >= 15 is 0 Å². The van der Waals surface area contributed by atoms with E-state index in [9.17, 15) is 0 Å². The largest absolute Gasteiger partial charge is 0.308 e. The normalized spacial score (nSPS) is 11.8. The van der Waals surface area contributed by atoms with Gasteiger partial charge in [-0.2, -0.15) is 0 Å². The number of hydrogen-bond donors (Lipinski definition) is 0. The van der Waals surface area contributed by atoms with E-state index in [1.165, 1.54) is 75.1 Å². The Morgan fingerprint density at radius 2 is 0.762 bits per heavy atom. The first-order valence-corrected chi connectivity index (χ1v) is 22.0. The van der Waals surface area contributed by atoms with Gasteiger partial charge in [0.2, 0.25) is 0 Å². The molecule has 0 radical (unpaired) electrons. The van der Waals surface area contributed by atoms with Gasteiger partial charge in [0.05, 0.1) is 37.2 Å². The molecule has 0 bridgehead atoms. The van der Waals surface area contributed by atoms with Crippen LogP contribution >= 0.6 is 11.3 Å². The summed E-state index contributed by atoms with van der Waals surface area (Å²) >= 11 is 1.90. The van der Waals surface area contributed by atoms with Crippen molar-refractivity contribution in [1.82, 2.24) is 24.1 Å². The van der Waals surface area contributed by atoms with Crippen molar-refractivity contribution in [3.05, 3.63) is 212 Å². The van der Waals surface area contributed by atoms with Gasteiger partial charge in [0, 0.05) is 60.3 Å². The minimum atomic E-state index is 0.628. The number of fused-ring (bicyclic) bond motifs is 11. The highest BCUT2D eigenvalue weighted by molar-refractivity contribution is 7.27. The topological polar surface area (TPSA) is 48.5 Å². The standard InChI is InChI=1S/C57H35N5S/c1-4-17-36(18-5-1)41-25-10-13-28-48(41)62-50-30-15-12-27-43(50)45-32-34-47-46-33-31-44-42-26-11-14-29-49(42)61(51(44)53(46)63-54(47)52(45)62)40-24-16-23-39(35-40)57-59-55(37-19-6-2-7-20-37)58-56(60-57)38-21-8-3-9-22-38/h1-35H. The van der Waals surface area contributed by atoms with Gasteiger partial charge in [-0.1, -0.05) is 182 Å². The van der Waals surface area contributed by atoms with Crippen molar-refractivity contribution in [3.8, 4) is 56.7 Å². The van der Waals surface area contributed by atoms with Crippen LogP contribution in [0.15, 0.2) is 212 Å². The summed E-state index contributed by atoms with van der Waals surface area (Å²) in [5.41, 5.74) is 12.2. The number of rotatable bonds is 6. The summed E-state index contributed by atoms with van der Waals surface area (Å²) in [5, 5.41) is 7.43. The average Bonchev–Trinajstić information content (AvgIpc) is 4.03. The van der Waals surface area contributed by atoms with Gasteiger partial charge >= 0.3 is 0 Å². The van der Waals surface area contributed by atoms with Crippen molar-refractivity contribution in [2.75, 3.05) is 0 Å². The Labute approximate surface area is 366 Å².